The Labute approximate surface area is 116 Å². The summed E-state index contributed by atoms with van der Waals surface area (Å²) in [5, 5.41) is 0.687. The van der Waals surface area contributed by atoms with Crippen molar-refractivity contribution in [3.8, 4) is 0 Å². The van der Waals surface area contributed by atoms with Crippen LogP contribution in [0.25, 0.3) is 0 Å². The number of allylic oxidation sites excluding steroid dienone is 1. The monoisotopic (exact) mass is 294 g/mol. The van der Waals surface area contributed by atoms with E-state index in [1.54, 1.807) is 6.92 Å². The predicted molar refractivity (Wildman–Crippen MR) is 73.3 cm³/mol. The molecule has 0 rings (SSSR count). The maximum Gasteiger partial charge on any atom is 0.537 e. The first-order valence-corrected chi connectivity index (χ1v) is 8.16. The number of hydrogen-bond donors (Lipinski definition) is 0. The minimum absolute atomic E-state index is 0.0911. The zero-order valence-electron chi connectivity index (χ0n) is 12.4. The first kappa shape index (κ1) is 18.7. The predicted octanol–water partition coefficient (Wildman–Crippen LogP) is 2.07. The van der Waals surface area contributed by atoms with Gasteiger partial charge in [-0.3, -0.25) is 0 Å². The van der Waals surface area contributed by atoms with Crippen LogP contribution in [0.15, 0.2) is 11.8 Å². The smallest absolute Gasteiger partial charge is 0.357 e. The van der Waals surface area contributed by atoms with Gasteiger partial charge in [-0.1, -0.05) is 6.58 Å². The molecular weight excluding hydrogens is 268 g/mol. The summed E-state index contributed by atoms with van der Waals surface area (Å²) >= 11 is 0. The van der Waals surface area contributed by atoms with E-state index in [0.717, 1.165) is 0 Å². The van der Waals surface area contributed by atoms with E-state index in [4.69, 9.17) is 27.5 Å². The molecule has 6 nitrogen and oxygen atoms in total. The molecule has 0 amide bonds. The van der Waals surface area contributed by atoms with Crippen LogP contribution in [0, 0.1) is 0 Å². The van der Waals surface area contributed by atoms with Crippen LogP contribution in [-0.2, 0) is 27.5 Å². The average Bonchev–Trinajstić information content (AvgIpc) is 2.38. The molecule has 0 aromatic rings. The maximum atomic E-state index is 5.64. The first-order valence-electron chi connectivity index (χ1n) is 6.44. The van der Waals surface area contributed by atoms with E-state index in [0.29, 0.717) is 25.0 Å². The molecule has 0 radical (unpaired) electrons. The molecule has 0 unspecified atom stereocenters. The molecule has 0 bridgehead atoms. The van der Waals surface area contributed by atoms with Crippen molar-refractivity contribution in [3.63, 3.8) is 0 Å². The second-order valence-electron chi connectivity index (χ2n) is 3.60. The van der Waals surface area contributed by atoms with E-state index in [1.165, 1.54) is 0 Å². The summed E-state index contributed by atoms with van der Waals surface area (Å²) in [4.78, 5) is 0. The Hall–Kier alpha value is -0.283. The molecule has 0 aromatic carbocycles. The Balaban J connectivity index is 4.53. The van der Waals surface area contributed by atoms with Gasteiger partial charge in [0.2, 0.25) is 0 Å². The van der Waals surface area contributed by atoms with Crippen LogP contribution in [0.4, 0.5) is 0 Å². The van der Waals surface area contributed by atoms with E-state index in [1.807, 2.05) is 20.8 Å². The molecule has 0 heterocycles. The van der Waals surface area contributed by atoms with Crippen LogP contribution in [0.3, 0.4) is 0 Å². The van der Waals surface area contributed by atoms with Gasteiger partial charge < -0.3 is 27.5 Å². The Kier molecular flexibility index (Phi) is 11.4. The SMILES string of the molecule is C=C(C)[Si](OCOCC)(OCOCC)OCOCC. The topological polar surface area (TPSA) is 55.4 Å². The fourth-order valence-electron chi connectivity index (χ4n) is 1.10. The van der Waals surface area contributed by atoms with E-state index in [2.05, 4.69) is 6.58 Å². The molecule has 114 valence electrons. The Morgan fingerprint density at radius 2 is 1.11 bits per heavy atom. The summed E-state index contributed by atoms with van der Waals surface area (Å²) in [6.07, 6.45) is 0. The fourth-order valence-corrected chi connectivity index (χ4v) is 2.81. The lowest BCUT2D eigenvalue weighted by molar-refractivity contribution is -0.0958. The minimum atomic E-state index is -3.05. The molecular formula is C12H26O6Si. The maximum absolute atomic E-state index is 5.64. The lowest BCUT2D eigenvalue weighted by Gasteiger charge is -2.29. The standard InChI is InChI=1S/C12H26O6Si/c1-6-13-9-16-19(12(4)5,17-10-14-7-2)18-11-15-8-3/h4,6-11H2,1-3,5H3. The largest absolute Gasteiger partial charge is 0.537 e. The molecule has 0 atom stereocenters. The second-order valence-corrected chi connectivity index (χ2v) is 6.43. The number of hydrogen-bond acceptors (Lipinski definition) is 6. The summed E-state index contributed by atoms with van der Waals surface area (Å²) in [6, 6.07) is 0. The Morgan fingerprint density at radius 3 is 1.32 bits per heavy atom. The molecule has 0 aliphatic carbocycles. The highest BCUT2D eigenvalue weighted by Gasteiger charge is 2.43. The highest BCUT2D eigenvalue weighted by Crippen LogP contribution is 2.18. The van der Waals surface area contributed by atoms with Gasteiger partial charge in [0.15, 0.2) is 0 Å². The highest BCUT2D eigenvalue weighted by atomic mass is 28.4. The van der Waals surface area contributed by atoms with E-state index >= 15 is 0 Å². The molecule has 0 saturated carbocycles. The third-order valence-electron chi connectivity index (χ3n) is 2.13. The molecule has 7 heteroatoms. The molecule has 0 aliphatic rings. The molecule has 0 saturated heterocycles. The van der Waals surface area contributed by atoms with E-state index in [-0.39, 0.29) is 20.4 Å². The summed E-state index contributed by atoms with van der Waals surface area (Å²) in [6.45, 7) is 13.3. The first-order chi connectivity index (χ1) is 9.13. The van der Waals surface area contributed by atoms with Gasteiger partial charge >= 0.3 is 8.80 Å². The van der Waals surface area contributed by atoms with Crippen molar-refractivity contribution >= 4 is 8.80 Å². The summed E-state index contributed by atoms with van der Waals surface area (Å²) < 4.78 is 32.5. The fraction of sp³-hybridized carbons (Fsp3) is 0.833. The average molecular weight is 294 g/mol. The van der Waals surface area contributed by atoms with Crippen molar-refractivity contribution in [2.45, 2.75) is 27.7 Å². The molecule has 19 heavy (non-hydrogen) atoms. The van der Waals surface area contributed by atoms with Gasteiger partial charge in [0, 0.05) is 19.8 Å². The van der Waals surface area contributed by atoms with Gasteiger partial charge in [-0.25, -0.2) is 0 Å². The van der Waals surface area contributed by atoms with Gasteiger partial charge in [0.25, 0.3) is 0 Å². The minimum Gasteiger partial charge on any atom is -0.357 e. The van der Waals surface area contributed by atoms with Crippen molar-refractivity contribution in [2.24, 2.45) is 0 Å². The summed E-state index contributed by atoms with van der Waals surface area (Å²) in [7, 11) is -3.05. The Bertz CT molecular complexity index is 210. The number of ether oxygens (including phenoxy) is 3. The molecule has 0 aromatic heterocycles. The molecule has 0 aliphatic heterocycles. The summed E-state index contributed by atoms with van der Waals surface area (Å²) in [5.74, 6) is 0. The van der Waals surface area contributed by atoms with E-state index < -0.39 is 8.80 Å². The zero-order valence-corrected chi connectivity index (χ0v) is 13.4. The van der Waals surface area contributed by atoms with Crippen LogP contribution < -0.4 is 0 Å². The zero-order chi connectivity index (χ0) is 14.6. The van der Waals surface area contributed by atoms with Crippen LogP contribution in [0.5, 0.6) is 0 Å². The van der Waals surface area contributed by atoms with Gasteiger partial charge in [-0.15, -0.1) is 0 Å². The summed E-state index contributed by atoms with van der Waals surface area (Å²) in [5.41, 5.74) is 0. The van der Waals surface area contributed by atoms with Crippen molar-refractivity contribution in [3.05, 3.63) is 11.8 Å². The van der Waals surface area contributed by atoms with Gasteiger partial charge in [-0.05, 0) is 32.9 Å². The van der Waals surface area contributed by atoms with Crippen molar-refractivity contribution in [2.75, 3.05) is 40.2 Å². The highest BCUT2D eigenvalue weighted by molar-refractivity contribution is 6.68. The van der Waals surface area contributed by atoms with Crippen molar-refractivity contribution in [1.29, 1.82) is 0 Å². The number of rotatable bonds is 13. The third kappa shape index (κ3) is 7.78. The third-order valence-corrected chi connectivity index (χ3v) is 4.67. The van der Waals surface area contributed by atoms with Gasteiger partial charge in [-0.2, -0.15) is 0 Å². The van der Waals surface area contributed by atoms with Crippen molar-refractivity contribution in [1.82, 2.24) is 0 Å². The van der Waals surface area contributed by atoms with Crippen LogP contribution >= 0.6 is 0 Å². The van der Waals surface area contributed by atoms with E-state index in [9.17, 15) is 0 Å². The molecule has 0 N–H and O–H groups in total. The van der Waals surface area contributed by atoms with Crippen LogP contribution in [-0.4, -0.2) is 49.0 Å². The van der Waals surface area contributed by atoms with Gasteiger partial charge in [0.05, 0.1) is 0 Å². The lowest BCUT2D eigenvalue weighted by Crippen LogP contribution is -2.49. The molecule has 0 spiro atoms. The quantitative estimate of drug-likeness (QED) is 0.294. The van der Waals surface area contributed by atoms with Crippen molar-refractivity contribution < 1.29 is 27.5 Å². The van der Waals surface area contributed by atoms with Crippen LogP contribution in [0.1, 0.15) is 27.7 Å². The second kappa shape index (κ2) is 11.5. The van der Waals surface area contributed by atoms with Crippen LogP contribution in [0.2, 0.25) is 0 Å². The van der Waals surface area contributed by atoms with Gasteiger partial charge in [0.1, 0.15) is 20.4 Å². The normalized spacial score (nSPS) is 11.8. The lowest BCUT2D eigenvalue weighted by atomic mass is 10.8. The molecule has 0 fully saturated rings. The Morgan fingerprint density at radius 1 is 0.789 bits per heavy atom.